The molecule has 0 spiro atoms. The van der Waals surface area contributed by atoms with Crippen molar-refractivity contribution in [2.75, 3.05) is 39.7 Å². The molecule has 5 rings (SSSR count). The largest absolute Gasteiger partial charge is 0.495 e. The number of anilines is 2. The van der Waals surface area contributed by atoms with E-state index in [-0.39, 0.29) is 23.3 Å². The molecule has 0 saturated carbocycles. The molecule has 4 heterocycles. The Bertz CT molecular complexity index is 1530. The fraction of sp³-hybridized carbons (Fsp3) is 0.333. The van der Waals surface area contributed by atoms with E-state index in [1.807, 2.05) is 16.8 Å². The number of methoxy groups -OCH3 is 2. The highest BCUT2D eigenvalue weighted by atomic mass is 32.1. The molecule has 38 heavy (non-hydrogen) atoms. The van der Waals surface area contributed by atoms with Crippen LogP contribution in [0.3, 0.4) is 0 Å². The van der Waals surface area contributed by atoms with Gasteiger partial charge in [0.15, 0.2) is 5.75 Å². The van der Waals surface area contributed by atoms with Crippen LogP contribution in [0.4, 0.5) is 11.6 Å². The summed E-state index contributed by atoms with van der Waals surface area (Å²) in [6.07, 6.45) is 3.47. The molecule has 4 aromatic rings. The third-order valence-electron chi connectivity index (χ3n) is 6.87. The molecule has 1 aliphatic rings. The zero-order chi connectivity index (χ0) is 26.8. The molecule has 1 fully saturated rings. The van der Waals surface area contributed by atoms with Crippen LogP contribution in [0, 0.1) is 0 Å². The van der Waals surface area contributed by atoms with Gasteiger partial charge in [-0.1, -0.05) is 0 Å². The Morgan fingerprint density at radius 1 is 1.13 bits per heavy atom. The number of amides is 1. The Kier molecular flexibility index (Phi) is 7.30. The fourth-order valence-corrected chi connectivity index (χ4v) is 5.33. The monoisotopic (exact) mass is 534 g/mol. The van der Waals surface area contributed by atoms with Gasteiger partial charge in [0, 0.05) is 18.7 Å². The second-order valence-corrected chi connectivity index (χ2v) is 10.1. The van der Waals surface area contributed by atoms with Gasteiger partial charge >= 0.3 is 0 Å². The highest BCUT2D eigenvalue weighted by molar-refractivity contribution is 7.08. The number of piperidine rings is 1. The van der Waals surface area contributed by atoms with Crippen LogP contribution in [-0.2, 0) is 7.05 Å². The summed E-state index contributed by atoms with van der Waals surface area (Å²) in [4.78, 5) is 37.3. The lowest BCUT2D eigenvalue weighted by atomic mass is 10.0. The molecule has 1 saturated heterocycles. The second-order valence-electron chi connectivity index (χ2n) is 9.30. The molecule has 11 heteroatoms. The molecule has 0 radical (unpaired) electrons. The maximum atomic E-state index is 12.9. The van der Waals surface area contributed by atoms with E-state index in [0.29, 0.717) is 39.5 Å². The van der Waals surface area contributed by atoms with Crippen molar-refractivity contribution in [2.45, 2.75) is 18.9 Å². The molecule has 2 N–H and O–H groups in total. The number of fused-ring (bicyclic) bond motifs is 1. The Hall–Kier alpha value is -3.96. The van der Waals surface area contributed by atoms with Gasteiger partial charge in [-0.2, -0.15) is 11.3 Å². The molecular weight excluding hydrogens is 504 g/mol. The minimum absolute atomic E-state index is 0.125. The maximum absolute atomic E-state index is 12.9. The summed E-state index contributed by atoms with van der Waals surface area (Å²) in [6, 6.07) is 7.32. The van der Waals surface area contributed by atoms with Crippen molar-refractivity contribution in [1.29, 1.82) is 0 Å². The summed E-state index contributed by atoms with van der Waals surface area (Å²) in [6.45, 7) is 1.94. The molecule has 0 aliphatic carbocycles. The van der Waals surface area contributed by atoms with E-state index in [1.165, 1.54) is 23.0 Å². The second kappa shape index (κ2) is 10.8. The minimum Gasteiger partial charge on any atom is -0.495 e. The summed E-state index contributed by atoms with van der Waals surface area (Å²) in [5.74, 6) is 0.901. The third-order valence-corrected chi connectivity index (χ3v) is 7.55. The number of likely N-dealkylation sites (tertiary alicyclic amines) is 1. The van der Waals surface area contributed by atoms with Crippen molar-refractivity contribution in [3.05, 3.63) is 57.1 Å². The summed E-state index contributed by atoms with van der Waals surface area (Å²) in [7, 11) is 6.79. The number of carbonyl (C=O) groups is 1. The van der Waals surface area contributed by atoms with Crippen LogP contribution in [-0.4, -0.2) is 65.7 Å². The van der Waals surface area contributed by atoms with Crippen LogP contribution in [0.5, 0.6) is 11.5 Å². The summed E-state index contributed by atoms with van der Waals surface area (Å²) < 4.78 is 12.6. The number of ether oxygens (including phenoxy) is 2. The molecule has 1 aromatic carbocycles. The van der Waals surface area contributed by atoms with Crippen LogP contribution >= 0.6 is 11.3 Å². The molecule has 1 amide bonds. The van der Waals surface area contributed by atoms with E-state index in [0.717, 1.165) is 31.5 Å². The highest BCUT2D eigenvalue weighted by Crippen LogP contribution is 2.35. The minimum atomic E-state index is -0.263. The predicted molar refractivity (Wildman–Crippen MR) is 149 cm³/mol. The standard InChI is InChI=1S/C27H30N6O4S/c1-32-10-7-18(8-11-32)29-25(34)16-5-6-19(21(13-16)36-3)30-27-28-14-20-23(31-27)22(17-9-12-38-15-17)24(37-4)26(35)33(20)2/h5-6,9,12-15,18H,7-8,10-11H2,1-4H3,(H,29,34)(H,28,30,31). The predicted octanol–water partition coefficient (Wildman–Crippen LogP) is 3.64. The van der Waals surface area contributed by atoms with Crippen LogP contribution < -0.4 is 25.7 Å². The molecule has 0 unspecified atom stereocenters. The van der Waals surface area contributed by atoms with Gasteiger partial charge in [-0.25, -0.2) is 9.97 Å². The third kappa shape index (κ3) is 4.94. The topological polar surface area (TPSA) is 111 Å². The molecular formula is C27H30N6O4S. The van der Waals surface area contributed by atoms with E-state index in [4.69, 9.17) is 14.5 Å². The van der Waals surface area contributed by atoms with E-state index in [9.17, 15) is 9.59 Å². The number of aryl methyl sites for hydroxylation is 1. The molecule has 0 atom stereocenters. The first kappa shape index (κ1) is 25.7. The van der Waals surface area contributed by atoms with Gasteiger partial charge in [0.2, 0.25) is 5.95 Å². The lowest BCUT2D eigenvalue weighted by Crippen LogP contribution is -2.43. The van der Waals surface area contributed by atoms with Crippen LogP contribution in [0.15, 0.2) is 46.0 Å². The van der Waals surface area contributed by atoms with Gasteiger partial charge in [-0.15, -0.1) is 0 Å². The Labute approximate surface area is 224 Å². The number of nitrogens with zero attached hydrogens (tertiary/aromatic N) is 4. The Morgan fingerprint density at radius 2 is 1.92 bits per heavy atom. The summed E-state index contributed by atoms with van der Waals surface area (Å²) in [5, 5.41) is 10.2. The maximum Gasteiger partial charge on any atom is 0.293 e. The van der Waals surface area contributed by atoms with E-state index >= 15 is 0 Å². The van der Waals surface area contributed by atoms with Gasteiger partial charge in [-0.05, 0) is 73.6 Å². The summed E-state index contributed by atoms with van der Waals surface area (Å²) in [5.41, 5.74) is 3.48. The number of rotatable bonds is 7. The molecule has 3 aromatic heterocycles. The van der Waals surface area contributed by atoms with Gasteiger partial charge in [0.1, 0.15) is 11.3 Å². The number of aromatic nitrogens is 3. The van der Waals surface area contributed by atoms with Gasteiger partial charge in [0.05, 0.1) is 37.2 Å². The number of hydrogen-bond donors (Lipinski definition) is 2. The zero-order valence-corrected chi connectivity index (χ0v) is 22.6. The van der Waals surface area contributed by atoms with E-state index in [1.54, 1.807) is 38.6 Å². The van der Waals surface area contributed by atoms with Crippen molar-refractivity contribution in [3.63, 3.8) is 0 Å². The van der Waals surface area contributed by atoms with Crippen LogP contribution in [0.1, 0.15) is 23.2 Å². The Balaban J connectivity index is 1.46. The molecule has 0 bridgehead atoms. The fourth-order valence-electron chi connectivity index (χ4n) is 4.68. The van der Waals surface area contributed by atoms with Crippen molar-refractivity contribution in [2.24, 2.45) is 7.05 Å². The van der Waals surface area contributed by atoms with Crippen molar-refractivity contribution < 1.29 is 14.3 Å². The normalized spacial score (nSPS) is 14.4. The van der Waals surface area contributed by atoms with Crippen molar-refractivity contribution >= 4 is 39.9 Å². The molecule has 198 valence electrons. The first-order valence-corrected chi connectivity index (χ1v) is 13.2. The average Bonchev–Trinajstić information content (AvgIpc) is 3.46. The summed E-state index contributed by atoms with van der Waals surface area (Å²) >= 11 is 1.52. The zero-order valence-electron chi connectivity index (χ0n) is 21.8. The number of thiophene rings is 1. The first-order valence-electron chi connectivity index (χ1n) is 12.3. The smallest absolute Gasteiger partial charge is 0.293 e. The van der Waals surface area contributed by atoms with E-state index < -0.39 is 0 Å². The molecule has 1 aliphatic heterocycles. The van der Waals surface area contributed by atoms with Gasteiger partial charge in [-0.3, -0.25) is 9.59 Å². The first-order chi connectivity index (χ1) is 18.4. The van der Waals surface area contributed by atoms with E-state index in [2.05, 4.69) is 27.6 Å². The number of nitrogens with one attached hydrogen (secondary N) is 2. The number of carbonyl (C=O) groups excluding carboxylic acids is 1. The van der Waals surface area contributed by atoms with Gasteiger partial charge < -0.3 is 29.6 Å². The average molecular weight is 535 g/mol. The lowest BCUT2D eigenvalue weighted by Gasteiger charge is -2.29. The number of hydrogen-bond acceptors (Lipinski definition) is 9. The van der Waals surface area contributed by atoms with Crippen LogP contribution in [0.2, 0.25) is 0 Å². The van der Waals surface area contributed by atoms with Crippen LogP contribution in [0.25, 0.3) is 22.2 Å². The number of benzene rings is 1. The quantitative estimate of drug-likeness (QED) is 0.370. The molecule has 10 nitrogen and oxygen atoms in total. The number of pyridine rings is 1. The Morgan fingerprint density at radius 3 is 2.61 bits per heavy atom. The highest BCUT2D eigenvalue weighted by Gasteiger charge is 2.22. The van der Waals surface area contributed by atoms with Gasteiger partial charge in [0.25, 0.3) is 11.5 Å². The van der Waals surface area contributed by atoms with Crippen molar-refractivity contribution in [3.8, 4) is 22.6 Å². The van der Waals surface area contributed by atoms with Crippen molar-refractivity contribution in [1.82, 2.24) is 24.8 Å². The SMILES string of the molecule is COc1cc(C(=O)NC2CCN(C)CC2)ccc1Nc1ncc2c(n1)c(-c1ccsc1)c(OC)c(=O)n2C. The lowest BCUT2D eigenvalue weighted by molar-refractivity contribution is 0.0916.